The number of nitrogens with zero attached hydrogens (tertiary/aromatic N) is 1. The highest BCUT2D eigenvalue weighted by molar-refractivity contribution is 5.82. The van der Waals surface area contributed by atoms with Gasteiger partial charge in [-0.25, -0.2) is 0 Å². The summed E-state index contributed by atoms with van der Waals surface area (Å²) in [6, 6.07) is 0.196. The molecule has 1 aliphatic carbocycles. The van der Waals surface area contributed by atoms with Crippen LogP contribution in [0.3, 0.4) is 0 Å². The Hall–Kier alpha value is -0.570. The van der Waals surface area contributed by atoms with Gasteiger partial charge in [-0.2, -0.15) is 0 Å². The lowest BCUT2D eigenvalue weighted by molar-refractivity contribution is -0.133. The van der Waals surface area contributed by atoms with Crippen LogP contribution in [0.5, 0.6) is 0 Å². The molecule has 3 nitrogen and oxygen atoms in total. The van der Waals surface area contributed by atoms with Gasteiger partial charge in [-0.05, 0) is 32.1 Å². The maximum Gasteiger partial charge on any atom is 0.239 e. The van der Waals surface area contributed by atoms with E-state index in [1.807, 2.05) is 11.8 Å². The minimum Gasteiger partial charge on any atom is -0.339 e. The summed E-state index contributed by atoms with van der Waals surface area (Å²) in [6.45, 7) is 7.02. The molecule has 1 saturated carbocycles. The van der Waals surface area contributed by atoms with Gasteiger partial charge >= 0.3 is 0 Å². The van der Waals surface area contributed by atoms with Crippen molar-refractivity contribution in [1.82, 2.24) is 4.90 Å². The summed E-state index contributed by atoms with van der Waals surface area (Å²) in [7, 11) is 0. The van der Waals surface area contributed by atoms with Crippen molar-refractivity contribution < 1.29 is 4.79 Å². The number of carbonyl (C=O) groups is 1. The standard InChI is InChI=1S/C11H22N2O/c1-4-13(9-5-6-9)11(14)10(12)7-8(2)3/h8-10H,4-7,12H2,1-3H3. The quantitative estimate of drug-likeness (QED) is 0.725. The Labute approximate surface area is 86.6 Å². The summed E-state index contributed by atoms with van der Waals surface area (Å²) in [5.41, 5.74) is 5.87. The van der Waals surface area contributed by atoms with Crippen molar-refractivity contribution in [1.29, 1.82) is 0 Å². The van der Waals surface area contributed by atoms with E-state index < -0.39 is 0 Å². The Morgan fingerprint density at radius 3 is 2.43 bits per heavy atom. The lowest BCUT2D eigenvalue weighted by atomic mass is 10.0. The average molecular weight is 198 g/mol. The Balaban J connectivity index is 2.44. The summed E-state index contributed by atoms with van der Waals surface area (Å²) in [5, 5.41) is 0. The molecule has 1 aliphatic rings. The van der Waals surface area contributed by atoms with Crippen LogP contribution in [0.4, 0.5) is 0 Å². The normalized spacial score (nSPS) is 18.4. The van der Waals surface area contributed by atoms with Crippen LogP contribution in [-0.2, 0) is 4.79 Å². The molecule has 2 N–H and O–H groups in total. The fourth-order valence-corrected chi connectivity index (χ4v) is 1.80. The summed E-state index contributed by atoms with van der Waals surface area (Å²) >= 11 is 0. The molecule has 0 radical (unpaired) electrons. The van der Waals surface area contributed by atoms with Crippen LogP contribution in [0.2, 0.25) is 0 Å². The first-order valence-corrected chi connectivity index (χ1v) is 5.62. The topological polar surface area (TPSA) is 46.3 Å². The monoisotopic (exact) mass is 198 g/mol. The van der Waals surface area contributed by atoms with Gasteiger partial charge in [-0.1, -0.05) is 13.8 Å². The molecule has 0 spiro atoms. The SMILES string of the molecule is CCN(C(=O)C(N)CC(C)C)C1CC1. The smallest absolute Gasteiger partial charge is 0.239 e. The predicted octanol–water partition coefficient (Wildman–Crippen LogP) is 1.37. The minimum atomic E-state index is -0.296. The third-order valence-corrected chi connectivity index (χ3v) is 2.65. The Bertz CT molecular complexity index is 199. The van der Waals surface area contributed by atoms with E-state index in [0.29, 0.717) is 12.0 Å². The van der Waals surface area contributed by atoms with E-state index in [-0.39, 0.29) is 11.9 Å². The summed E-state index contributed by atoms with van der Waals surface area (Å²) < 4.78 is 0. The van der Waals surface area contributed by atoms with Crippen molar-refractivity contribution in [2.45, 2.75) is 52.1 Å². The Morgan fingerprint density at radius 1 is 1.50 bits per heavy atom. The van der Waals surface area contributed by atoms with Crippen LogP contribution in [0.15, 0.2) is 0 Å². The van der Waals surface area contributed by atoms with E-state index in [1.165, 1.54) is 0 Å². The van der Waals surface area contributed by atoms with Crippen molar-refractivity contribution in [3.8, 4) is 0 Å². The second-order valence-corrected chi connectivity index (χ2v) is 4.59. The Kier molecular flexibility index (Phi) is 3.93. The van der Waals surface area contributed by atoms with Gasteiger partial charge in [0.2, 0.25) is 5.91 Å². The van der Waals surface area contributed by atoms with E-state index in [2.05, 4.69) is 13.8 Å². The number of hydrogen-bond donors (Lipinski definition) is 1. The lowest BCUT2D eigenvalue weighted by Crippen LogP contribution is -2.45. The van der Waals surface area contributed by atoms with Crippen molar-refractivity contribution in [2.75, 3.05) is 6.54 Å². The zero-order valence-electron chi connectivity index (χ0n) is 9.49. The molecule has 0 aliphatic heterocycles. The molecule has 1 rings (SSSR count). The van der Waals surface area contributed by atoms with Crippen molar-refractivity contribution in [2.24, 2.45) is 11.7 Å². The van der Waals surface area contributed by atoms with Crippen molar-refractivity contribution in [3.05, 3.63) is 0 Å². The first-order valence-electron chi connectivity index (χ1n) is 5.62. The fraction of sp³-hybridized carbons (Fsp3) is 0.909. The molecular weight excluding hydrogens is 176 g/mol. The molecule has 1 amide bonds. The molecule has 0 aromatic heterocycles. The molecule has 1 unspecified atom stereocenters. The maximum atomic E-state index is 11.9. The van der Waals surface area contributed by atoms with E-state index in [4.69, 9.17) is 5.73 Å². The summed E-state index contributed by atoms with van der Waals surface area (Å²) in [6.07, 6.45) is 3.12. The summed E-state index contributed by atoms with van der Waals surface area (Å²) in [4.78, 5) is 13.8. The lowest BCUT2D eigenvalue weighted by Gasteiger charge is -2.24. The number of likely N-dealkylation sites (N-methyl/N-ethyl adjacent to an activating group) is 1. The molecule has 1 atom stereocenters. The molecule has 3 heteroatoms. The highest BCUT2D eigenvalue weighted by Crippen LogP contribution is 2.27. The van der Waals surface area contributed by atoms with E-state index in [1.54, 1.807) is 0 Å². The predicted molar refractivity (Wildman–Crippen MR) is 57.8 cm³/mol. The van der Waals surface area contributed by atoms with Gasteiger partial charge in [0.1, 0.15) is 0 Å². The summed E-state index contributed by atoms with van der Waals surface area (Å²) in [5.74, 6) is 0.635. The number of rotatable bonds is 5. The molecule has 0 aromatic rings. The van der Waals surface area contributed by atoms with Gasteiger partial charge in [0.25, 0.3) is 0 Å². The molecule has 0 saturated heterocycles. The van der Waals surface area contributed by atoms with Crippen LogP contribution in [-0.4, -0.2) is 29.4 Å². The zero-order chi connectivity index (χ0) is 10.7. The van der Waals surface area contributed by atoms with Crippen molar-refractivity contribution in [3.63, 3.8) is 0 Å². The molecule has 0 aromatic carbocycles. The molecule has 82 valence electrons. The van der Waals surface area contributed by atoms with Crippen LogP contribution in [0, 0.1) is 5.92 Å². The van der Waals surface area contributed by atoms with Crippen LogP contribution >= 0.6 is 0 Å². The second kappa shape index (κ2) is 4.78. The largest absolute Gasteiger partial charge is 0.339 e. The highest BCUT2D eigenvalue weighted by Gasteiger charge is 2.33. The second-order valence-electron chi connectivity index (χ2n) is 4.59. The third kappa shape index (κ3) is 2.98. The Morgan fingerprint density at radius 2 is 2.07 bits per heavy atom. The first kappa shape index (κ1) is 11.5. The van der Waals surface area contributed by atoms with Crippen LogP contribution in [0.1, 0.15) is 40.0 Å². The van der Waals surface area contributed by atoms with Gasteiger partial charge in [-0.15, -0.1) is 0 Å². The fourth-order valence-electron chi connectivity index (χ4n) is 1.80. The molecule has 0 bridgehead atoms. The van der Waals surface area contributed by atoms with Crippen molar-refractivity contribution >= 4 is 5.91 Å². The first-order chi connectivity index (χ1) is 6.56. The third-order valence-electron chi connectivity index (χ3n) is 2.65. The van der Waals surface area contributed by atoms with Gasteiger partial charge < -0.3 is 10.6 Å². The molecular formula is C11H22N2O. The van der Waals surface area contributed by atoms with E-state index in [9.17, 15) is 4.79 Å². The van der Waals surface area contributed by atoms with Crippen LogP contribution < -0.4 is 5.73 Å². The van der Waals surface area contributed by atoms with Crippen LogP contribution in [0.25, 0.3) is 0 Å². The minimum absolute atomic E-state index is 0.142. The average Bonchev–Trinajstić information content (AvgIpc) is 2.88. The highest BCUT2D eigenvalue weighted by atomic mass is 16.2. The van der Waals surface area contributed by atoms with Gasteiger partial charge in [0.15, 0.2) is 0 Å². The molecule has 14 heavy (non-hydrogen) atoms. The number of nitrogens with two attached hydrogens (primary N) is 1. The number of hydrogen-bond acceptors (Lipinski definition) is 2. The maximum absolute atomic E-state index is 11.9. The number of amides is 1. The zero-order valence-corrected chi connectivity index (χ0v) is 9.49. The van der Waals surface area contributed by atoms with Gasteiger partial charge in [0, 0.05) is 12.6 Å². The molecule has 0 heterocycles. The van der Waals surface area contributed by atoms with Gasteiger partial charge in [0.05, 0.1) is 6.04 Å². The van der Waals surface area contributed by atoms with E-state index in [0.717, 1.165) is 25.8 Å². The van der Waals surface area contributed by atoms with Gasteiger partial charge in [-0.3, -0.25) is 4.79 Å². The number of carbonyl (C=O) groups excluding carboxylic acids is 1. The van der Waals surface area contributed by atoms with E-state index >= 15 is 0 Å². The molecule has 1 fully saturated rings.